The molecule has 0 saturated carbocycles. The van der Waals surface area contributed by atoms with Gasteiger partial charge in [-0.25, -0.2) is 4.79 Å². The summed E-state index contributed by atoms with van der Waals surface area (Å²) < 4.78 is 36.9. The van der Waals surface area contributed by atoms with Gasteiger partial charge in [0, 0.05) is 42.9 Å². The number of hydrogen-bond acceptors (Lipinski definition) is 4. The molecule has 1 aliphatic heterocycles. The minimum absolute atomic E-state index is 0.0890. The van der Waals surface area contributed by atoms with Crippen LogP contribution in [0.25, 0.3) is 0 Å². The van der Waals surface area contributed by atoms with Crippen LogP contribution in [-0.2, 0) is 4.79 Å². The van der Waals surface area contributed by atoms with Crippen LogP contribution < -0.4 is 10.1 Å². The lowest BCUT2D eigenvalue weighted by Gasteiger charge is -2.27. The Bertz CT molecular complexity index is 940. The molecule has 1 aliphatic rings. The molecule has 1 saturated heterocycles. The number of rotatable bonds is 2. The first-order chi connectivity index (χ1) is 14.7. The highest BCUT2D eigenvalue weighted by Gasteiger charge is 2.38. The Labute approximate surface area is 177 Å². The number of carboxylic acid groups (broad SMARTS) is 1. The van der Waals surface area contributed by atoms with E-state index in [9.17, 15) is 18.0 Å². The van der Waals surface area contributed by atoms with E-state index in [1.807, 2.05) is 53.4 Å². The second-order valence-corrected chi connectivity index (χ2v) is 6.40. The van der Waals surface area contributed by atoms with Crippen LogP contribution in [0.2, 0.25) is 0 Å². The Hall–Kier alpha value is -3.51. The van der Waals surface area contributed by atoms with Gasteiger partial charge in [0.2, 0.25) is 0 Å². The van der Waals surface area contributed by atoms with E-state index in [1.165, 1.54) is 0 Å². The largest absolute Gasteiger partial charge is 0.497 e. The molecule has 0 unspecified atom stereocenters. The van der Waals surface area contributed by atoms with Gasteiger partial charge in [-0.2, -0.15) is 13.2 Å². The van der Waals surface area contributed by atoms with Crippen LogP contribution in [0.3, 0.4) is 0 Å². The molecule has 2 aromatic rings. The number of amides is 1. The Morgan fingerprint density at radius 2 is 1.42 bits per heavy atom. The third kappa shape index (κ3) is 7.68. The maximum absolute atomic E-state index is 12.4. The number of alkyl halides is 3. The minimum atomic E-state index is -5.08. The van der Waals surface area contributed by atoms with Crippen LogP contribution in [0.15, 0.2) is 48.5 Å². The second-order valence-electron chi connectivity index (χ2n) is 6.40. The summed E-state index contributed by atoms with van der Waals surface area (Å²) in [5.41, 5.74) is 2.53. The first kappa shape index (κ1) is 23.8. The van der Waals surface area contributed by atoms with Crippen LogP contribution in [0, 0.1) is 11.8 Å². The number of nitrogens with zero attached hydrogens (tertiary/aromatic N) is 1. The minimum Gasteiger partial charge on any atom is -0.497 e. The quantitative estimate of drug-likeness (QED) is 0.711. The monoisotopic (exact) mass is 434 g/mol. The van der Waals surface area contributed by atoms with Gasteiger partial charge in [0.1, 0.15) is 5.75 Å². The van der Waals surface area contributed by atoms with Gasteiger partial charge < -0.3 is 20.1 Å². The van der Waals surface area contributed by atoms with Gasteiger partial charge in [-0.3, -0.25) is 4.79 Å². The summed E-state index contributed by atoms with van der Waals surface area (Å²) in [7, 11) is 1.64. The molecule has 2 aromatic carbocycles. The number of carbonyl (C=O) groups excluding carboxylic acids is 1. The Morgan fingerprint density at radius 3 is 1.84 bits per heavy atom. The predicted molar refractivity (Wildman–Crippen MR) is 108 cm³/mol. The third-order valence-corrected chi connectivity index (χ3v) is 4.22. The molecule has 0 aromatic heterocycles. The third-order valence-electron chi connectivity index (χ3n) is 4.22. The lowest BCUT2D eigenvalue weighted by molar-refractivity contribution is -0.192. The number of carboxylic acids is 1. The molecule has 6 nitrogen and oxygen atoms in total. The van der Waals surface area contributed by atoms with Gasteiger partial charge in [-0.15, -0.1) is 0 Å². The lowest BCUT2D eigenvalue weighted by atomic mass is 10.1. The summed E-state index contributed by atoms with van der Waals surface area (Å²) in [6, 6.07) is 15.1. The number of halogens is 3. The van der Waals surface area contributed by atoms with Crippen LogP contribution in [0.4, 0.5) is 13.2 Å². The standard InChI is InChI=1S/C20H20N2O2.C2HF3O2/c1-24-19-10-6-17(7-11-19)3-2-16-4-8-18(9-5-16)20(23)22-14-12-21-13-15-22;3-2(4,5)1(6)7/h4-11,21H,12-15H2,1H3;(H,6,7). The zero-order chi connectivity index (χ0) is 22.9. The van der Waals surface area contributed by atoms with Crippen molar-refractivity contribution in [1.82, 2.24) is 10.2 Å². The average molecular weight is 434 g/mol. The van der Waals surface area contributed by atoms with Crippen molar-refractivity contribution < 1.29 is 32.6 Å². The summed E-state index contributed by atoms with van der Waals surface area (Å²) in [6.45, 7) is 3.24. The van der Waals surface area contributed by atoms with E-state index in [-0.39, 0.29) is 5.91 Å². The molecule has 9 heteroatoms. The maximum atomic E-state index is 12.4. The molecule has 0 spiro atoms. The molecule has 2 N–H and O–H groups in total. The van der Waals surface area contributed by atoms with Crippen LogP contribution in [-0.4, -0.2) is 61.3 Å². The summed E-state index contributed by atoms with van der Waals surface area (Å²) in [4.78, 5) is 23.2. The molecule has 164 valence electrons. The first-order valence-corrected chi connectivity index (χ1v) is 9.27. The molecule has 0 aliphatic carbocycles. The average Bonchev–Trinajstić information content (AvgIpc) is 2.78. The smallest absolute Gasteiger partial charge is 0.490 e. The first-order valence-electron chi connectivity index (χ1n) is 9.27. The van der Waals surface area contributed by atoms with Gasteiger partial charge >= 0.3 is 12.1 Å². The number of carbonyl (C=O) groups is 2. The molecule has 1 fully saturated rings. The van der Waals surface area contributed by atoms with Crippen molar-refractivity contribution in [3.05, 3.63) is 65.2 Å². The number of piperazine rings is 1. The molecular formula is C22H21F3N2O4. The fourth-order valence-corrected chi connectivity index (χ4v) is 2.57. The Morgan fingerprint density at radius 1 is 0.968 bits per heavy atom. The van der Waals surface area contributed by atoms with Crippen molar-refractivity contribution in [2.45, 2.75) is 6.18 Å². The number of aliphatic carboxylic acids is 1. The van der Waals surface area contributed by atoms with Gasteiger partial charge in [0.25, 0.3) is 5.91 Å². The van der Waals surface area contributed by atoms with Gasteiger partial charge in [-0.05, 0) is 48.5 Å². The fraction of sp³-hybridized carbons (Fsp3) is 0.273. The maximum Gasteiger partial charge on any atom is 0.490 e. The van der Waals surface area contributed by atoms with E-state index in [2.05, 4.69) is 17.2 Å². The highest BCUT2D eigenvalue weighted by molar-refractivity contribution is 5.94. The van der Waals surface area contributed by atoms with E-state index in [0.717, 1.165) is 43.1 Å². The SMILES string of the molecule is COc1ccc(C#Cc2ccc(C(=O)N3CCNCC3)cc2)cc1.O=C(O)C(F)(F)F. The van der Waals surface area contributed by atoms with Crippen molar-refractivity contribution in [2.75, 3.05) is 33.3 Å². The van der Waals surface area contributed by atoms with Gasteiger partial charge in [-0.1, -0.05) is 11.8 Å². The number of benzene rings is 2. The molecular weight excluding hydrogens is 413 g/mol. The normalized spacial score (nSPS) is 13.2. The molecule has 1 amide bonds. The van der Waals surface area contributed by atoms with Crippen LogP contribution in [0.1, 0.15) is 21.5 Å². The lowest BCUT2D eigenvalue weighted by Crippen LogP contribution is -2.46. The molecule has 0 atom stereocenters. The number of methoxy groups -OCH3 is 1. The summed E-state index contributed by atoms with van der Waals surface area (Å²) in [6.07, 6.45) is -5.08. The summed E-state index contributed by atoms with van der Waals surface area (Å²) in [5.74, 6) is 4.38. The molecule has 31 heavy (non-hydrogen) atoms. The van der Waals surface area contributed by atoms with E-state index >= 15 is 0 Å². The summed E-state index contributed by atoms with van der Waals surface area (Å²) >= 11 is 0. The predicted octanol–water partition coefficient (Wildman–Crippen LogP) is 2.77. The molecule has 3 rings (SSSR count). The highest BCUT2D eigenvalue weighted by Crippen LogP contribution is 2.13. The number of nitrogens with one attached hydrogen (secondary N) is 1. The van der Waals surface area contributed by atoms with E-state index in [4.69, 9.17) is 14.6 Å². The van der Waals surface area contributed by atoms with Gasteiger partial charge in [0.05, 0.1) is 7.11 Å². The molecule has 0 bridgehead atoms. The zero-order valence-electron chi connectivity index (χ0n) is 16.7. The molecule has 0 radical (unpaired) electrons. The van der Waals surface area contributed by atoms with E-state index in [1.54, 1.807) is 7.11 Å². The molecule has 1 heterocycles. The van der Waals surface area contributed by atoms with Gasteiger partial charge in [0.15, 0.2) is 0 Å². The van der Waals surface area contributed by atoms with Crippen molar-refractivity contribution >= 4 is 11.9 Å². The number of ether oxygens (including phenoxy) is 1. The van der Waals surface area contributed by atoms with Crippen LogP contribution in [0.5, 0.6) is 5.75 Å². The van der Waals surface area contributed by atoms with Crippen LogP contribution >= 0.6 is 0 Å². The zero-order valence-corrected chi connectivity index (χ0v) is 16.7. The van der Waals surface area contributed by atoms with Crippen molar-refractivity contribution in [1.29, 1.82) is 0 Å². The van der Waals surface area contributed by atoms with E-state index < -0.39 is 12.1 Å². The van der Waals surface area contributed by atoms with Crippen molar-refractivity contribution in [2.24, 2.45) is 0 Å². The second kappa shape index (κ2) is 11.0. The topological polar surface area (TPSA) is 78.9 Å². The fourth-order valence-electron chi connectivity index (χ4n) is 2.57. The number of hydrogen-bond donors (Lipinski definition) is 2. The highest BCUT2D eigenvalue weighted by atomic mass is 19.4. The van der Waals surface area contributed by atoms with Crippen molar-refractivity contribution in [3.8, 4) is 17.6 Å². The Kier molecular flexibility index (Phi) is 8.46. The Balaban J connectivity index is 0.000000423. The van der Waals surface area contributed by atoms with E-state index in [0.29, 0.717) is 5.56 Å². The summed E-state index contributed by atoms with van der Waals surface area (Å²) in [5, 5.41) is 10.4. The van der Waals surface area contributed by atoms with Crippen molar-refractivity contribution in [3.63, 3.8) is 0 Å².